The topological polar surface area (TPSA) is 97.5 Å². The van der Waals surface area contributed by atoms with Crippen LogP contribution in [0.15, 0.2) is 24.3 Å². The predicted molar refractivity (Wildman–Crippen MR) is 95.8 cm³/mol. The Morgan fingerprint density at radius 2 is 1.96 bits per heavy atom. The van der Waals surface area contributed by atoms with Crippen LogP contribution in [0.1, 0.15) is 38.6 Å². The molecule has 0 spiro atoms. The summed E-state index contributed by atoms with van der Waals surface area (Å²) in [4.78, 5) is 26.7. The van der Waals surface area contributed by atoms with Gasteiger partial charge in [-0.3, -0.25) is 9.59 Å². The summed E-state index contributed by atoms with van der Waals surface area (Å²) < 4.78 is 9.21. The van der Waals surface area contributed by atoms with Gasteiger partial charge in [0.05, 0.1) is 12.8 Å². The number of aromatic nitrogens is 1. The number of ether oxygens (including phenoxy) is 1. The van der Waals surface area contributed by atoms with E-state index in [1.165, 1.54) is 0 Å². The molecule has 0 unspecified atom stereocenters. The van der Waals surface area contributed by atoms with Gasteiger partial charge in [-0.1, -0.05) is 12.1 Å². The van der Waals surface area contributed by atoms with Crippen LogP contribution in [-0.4, -0.2) is 41.3 Å². The van der Waals surface area contributed by atoms with E-state index in [-0.39, 0.29) is 28.1 Å². The summed E-state index contributed by atoms with van der Waals surface area (Å²) in [5.41, 5.74) is 7.28. The number of amides is 2. The second-order valence-corrected chi connectivity index (χ2v) is 6.58. The molecule has 25 heavy (non-hydrogen) atoms. The van der Waals surface area contributed by atoms with E-state index in [1.807, 2.05) is 24.3 Å². The molecule has 7 nitrogen and oxygen atoms in total. The van der Waals surface area contributed by atoms with Crippen LogP contribution in [0.3, 0.4) is 0 Å². The number of carbonyl (C=O) groups is 2. The zero-order valence-electron chi connectivity index (χ0n) is 13.9. The molecule has 132 valence electrons. The number of hydrogen-bond acceptors (Lipinski definition) is 6. The van der Waals surface area contributed by atoms with Crippen LogP contribution in [0.5, 0.6) is 5.75 Å². The van der Waals surface area contributed by atoms with Gasteiger partial charge < -0.3 is 20.7 Å². The number of likely N-dealkylation sites (tertiary alicyclic amines) is 1. The van der Waals surface area contributed by atoms with Crippen LogP contribution in [0.2, 0.25) is 0 Å². The highest BCUT2D eigenvalue weighted by molar-refractivity contribution is 7.09. The highest BCUT2D eigenvalue weighted by Gasteiger charge is 2.27. The van der Waals surface area contributed by atoms with E-state index in [0.717, 1.165) is 48.8 Å². The lowest BCUT2D eigenvalue weighted by molar-refractivity contribution is 0.0789. The highest BCUT2D eigenvalue weighted by atomic mass is 32.1. The van der Waals surface area contributed by atoms with E-state index in [4.69, 9.17) is 10.5 Å². The molecule has 0 bridgehead atoms. The minimum absolute atomic E-state index is 0.161. The molecule has 3 rings (SSSR count). The quantitative estimate of drug-likeness (QED) is 0.849. The summed E-state index contributed by atoms with van der Waals surface area (Å²) in [6.45, 7) is 1.79. The molecule has 0 aliphatic carbocycles. The number of rotatable bonds is 5. The highest BCUT2D eigenvalue weighted by Crippen LogP contribution is 2.24. The van der Waals surface area contributed by atoms with Crippen molar-refractivity contribution in [3.05, 3.63) is 40.4 Å². The summed E-state index contributed by atoms with van der Waals surface area (Å²) in [5.74, 6) is 0.235. The third-order valence-corrected chi connectivity index (χ3v) is 5.00. The Balaban J connectivity index is 1.64. The van der Waals surface area contributed by atoms with Crippen molar-refractivity contribution in [1.29, 1.82) is 0 Å². The molecule has 1 aliphatic rings. The Kier molecular flexibility index (Phi) is 5.18. The lowest BCUT2D eigenvalue weighted by Gasteiger charge is -2.13. The number of nitrogen functional groups attached to an aromatic ring is 1. The molecular formula is C17H20N4O3S. The minimum Gasteiger partial charge on any atom is -0.497 e. The maximum absolute atomic E-state index is 12.4. The number of hydrogen-bond donors (Lipinski definition) is 2. The van der Waals surface area contributed by atoms with Gasteiger partial charge in [-0.25, -0.2) is 0 Å². The first-order valence-corrected chi connectivity index (χ1v) is 8.83. The van der Waals surface area contributed by atoms with Gasteiger partial charge in [-0.2, -0.15) is 4.37 Å². The molecule has 2 amide bonds. The number of anilines is 1. The number of carbonyl (C=O) groups excluding carboxylic acids is 2. The summed E-state index contributed by atoms with van der Waals surface area (Å²) >= 11 is 0.958. The van der Waals surface area contributed by atoms with Crippen LogP contribution >= 0.6 is 11.5 Å². The number of benzene rings is 1. The van der Waals surface area contributed by atoms with Crippen LogP contribution < -0.4 is 15.8 Å². The largest absolute Gasteiger partial charge is 0.497 e. The molecule has 1 aliphatic heterocycles. The fourth-order valence-corrected chi connectivity index (χ4v) is 3.40. The van der Waals surface area contributed by atoms with E-state index >= 15 is 0 Å². The molecule has 1 saturated heterocycles. The Labute approximate surface area is 149 Å². The smallest absolute Gasteiger partial charge is 0.275 e. The van der Waals surface area contributed by atoms with Gasteiger partial charge in [0.1, 0.15) is 10.6 Å². The molecule has 1 aromatic heterocycles. The van der Waals surface area contributed by atoms with Crippen molar-refractivity contribution in [2.75, 3.05) is 25.9 Å². The average Bonchev–Trinajstić information content (AvgIpc) is 3.29. The van der Waals surface area contributed by atoms with Gasteiger partial charge in [-0.15, -0.1) is 0 Å². The number of nitrogens with two attached hydrogens (primary N) is 1. The van der Waals surface area contributed by atoms with E-state index in [1.54, 1.807) is 12.0 Å². The normalized spacial score (nSPS) is 13.7. The molecule has 1 aromatic carbocycles. The molecule has 2 heterocycles. The zero-order chi connectivity index (χ0) is 17.8. The van der Waals surface area contributed by atoms with Crippen molar-refractivity contribution >= 4 is 29.0 Å². The van der Waals surface area contributed by atoms with E-state index in [0.29, 0.717) is 6.54 Å². The van der Waals surface area contributed by atoms with Crippen molar-refractivity contribution in [2.45, 2.75) is 19.4 Å². The van der Waals surface area contributed by atoms with Crippen molar-refractivity contribution < 1.29 is 14.3 Å². The van der Waals surface area contributed by atoms with Crippen LogP contribution in [0.25, 0.3) is 0 Å². The van der Waals surface area contributed by atoms with Gasteiger partial charge in [-0.05, 0) is 42.1 Å². The van der Waals surface area contributed by atoms with Crippen molar-refractivity contribution in [3.8, 4) is 5.75 Å². The molecule has 3 N–H and O–H groups in total. The van der Waals surface area contributed by atoms with Gasteiger partial charge >= 0.3 is 0 Å². The maximum atomic E-state index is 12.4. The first kappa shape index (κ1) is 17.2. The molecule has 0 atom stereocenters. The first-order valence-electron chi connectivity index (χ1n) is 8.05. The Hall–Kier alpha value is -2.61. The standard InChI is InChI=1S/C17H20N4O3S/c1-24-12-6-4-11(5-7-12)10-19-16(22)15-13(18)14(20-25-15)17(23)21-8-2-3-9-21/h4-7H,2-3,8-10,18H2,1H3,(H,19,22). The third-order valence-electron chi connectivity index (χ3n) is 4.14. The summed E-state index contributed by atoms with van der Waals surface area (Å²) in [5, 5.41) is 2.80. The van der Waals surface area contributed by atoms with Crippen molar-refractivity contribution in [2.24, 2.45) is 0 Å². The predicted octanol–water partition coefficient (Wildman–Crippen LogP) is 1.90. The van der Waals surface area contributed by atoms with E-state index in [2.05, 4.69) is 9.69 Å². The lowest BCUT2D eigenvalue weighted by Crippen LogP contribution is -2.29. The van der Waals surface area contributed by atoms with Gasteiger partial charge in [0, 0.05) is 19.6 Å². The Morgan fingerprint density at radius 1 is 1.28 bits per heavy atom. The van der Waals surface area contributed by atoms with E-state index in [9.17, 15) is 9.59 Å². The van der Waals surface area contributed by atoms with Gasteiger partial charge in [0.25, 0.3) is 11.8 Å². The second kappa shape index (κ2) is 7.52. The fourth-order valence-electron chi connectivity index (χ4n) is 2.69. The van der Waals surface area contributed by atoms with Crippen LogP contribution in [0, 0.1) is 0 Å². The number of methoxy groups -OCH3 is 1. The number of nitrogens with one attached hydrogen (secondary N) is 1. The second-order valence-electron chi connectivity index (χ2n) is 5.80. The SMILES string of the molecule is COc1ccc(CNC(=O)c2snc(C(=O)N3CCCC3)c2N)cc1. The lowest BCUT2D eigenvalue weighted by atomic mass is 10.2. The van der Waals surface area contributed by atoms with Crippen molar-refractivity contribution in [1.82, 2.24) is 14.6 Å². The summed E-state index contributed by atoms with van der Waals surface area (Å²) in [6, 6.07) is 7.40. The molecule has 8 heteroatoms. The summed E-state index contributed by atoms with van der Waals surface area (Å²) in [7, 11) is 1.60. The molecule has 0 saturated carbocycles. The molecule has 2 aromatic rings. The van der Waals surface area contributed by atoms with Crippen molar-refractivity contribution in [3.63, 3.8) is 0 Å². The molecule has 1 fully saturated rings. The monoisotopic (exact) mass is 360 g/mol. The molecule has 0 radical (unpaired) electrons. The summed E-state index contributed by atoms with van der Waals surface area (Å²) in [6.07, 6.45) is 1.98. The van der Waals surface area contributed by atoms with Crippen LogP contribution in [0.4, 0.5) is 5.69 Å². The zero-order valence-corrected chi connectivity index (χ0v) is 14.8. The number of nitrogens with zero attached hydrogens (tertiary/aromatic N) is 2. The third kappa shape index (κ3) is 3.74. The van der Waals surface area contributed by atoms with Crippen LogP contribution in [-0.2, 0) is 6.54 Å². The Morgan fingerprint density at radius 3 is 2.60 bits per heavy atom. The first-order chi connectivity index (χ1) is 12.1. The fraction of sp³-hybridized carbons (Fsp3) is 0.353. The molecular weight excluding hydrogens is 340 g/mol. The van der Waals surface area contributed by atoms with Gasteiger partial charge in [0.2, 0.25) is 0 Å². The Bertz CT molecular complexity index is 767. The van der Waals surface area contributed by atoms with Gasteiger partial charge in [0.15, 0.2) is 5.69 Å². The van der Waals surface area contributed by atoms with E-state index < -0.39 is 0 Å². The average molecular weight is 360 g/mol. The maximum Gasteiger partial charge on any atom is 0.275 e. The minimum atomic E-state index is -0.328.